The third-order valence-electron chi connectivity index (χ3n) is 5.13. The van der Waals surface area contributed by atoms with Crippen LogP contribution in [0.5, 0.6) is 0 Å². The highest BCUT2D eigenvalue weighted by Crippen LogP contribution is 2.35. The van der Waals surface area contributed by atoms with Crippen LogP contribution in [0.4, 0.5) is 34.6 Å². The van der Waals surface area contributed by atoms with Crippen molar-refractivity contribution in [3.8, 4) is 0 Å². The minimum Gasteiger partial charge on any atom is -0.397 e. The van der Waals surface area contributed by atoms with Crippen molar-refractivity contribution in [2.24, 2.45) is 0 Å². The van der Waals surface area contributed by atoms with E-state index in [1.54, 1.807) is 0 Å². The average Bonchev–Trinajstić information content (AvgIpc) is 2.87. The number of carbonyl (C=O) groups is 2. The van der Waals surface area contributed by atoms with Gasteiger partial charge in [-0.25, -0.2) is 4.39 Å². The van der Waals surface area contributed by atoms with E-state index in [4.69, 9.17) is 10.5 Å². The second-order valence-electron chi connectivity index (χ2n) is 8.08. The molecular weight excluding hydrogens is 508 g/mol. The normalized spacial score (nSPS) is 11.2. The number of halogens is 4. The number of anilines is 3. The molecule has 0 saturated carbocycles. The number of benzene rings is 1. The Kier molecular flexibility index (Phi) is 9.93. The third-order valence-corrected chi connectivity index (χ3v) is 5.13. The lowest BCUT2D eigenvalue weighted by Gasteiger charge is -2.14. The minimum atomic E-state index is -4.57. The van der Waals surface area contributed by atoms with E-state index >= 15 is 0 Å². The van der Waals surface area contributed by atoms with E-state index in [-0.39, 0.29) is 42.5 Å². The van der Waals surface area contributed by atoms with Crippen LogP contribution in [0.1, 0.15) is 34.5 Å². The molecule has 202 valence electrons. The van der Waals surface area contributed by atoms with Crippen LogP contribution in [0.25, 0.3) is 0 Å². The SMILES string of the molecule is Nc1cncc(C(=O)NCCCOCCC(=O)NCc2ncc(Nc3ccccc3C(F)(F)F)cc2F)c1. The van der Waals surface area contributed by atoms with E-state index in [9.17, 15) is 27.2 Å². The summed E-state index contributed by atoms with van der Waals surface area (Å²) in [5.41, 5.74) is 5.17. The fourth-order valence-electron chi connectivity index (χ4n) is 3.26. The van der Waals surface area contributed by atoms with Crippen LogP contribution in [0.2, 0.25) is 0 Å². The topological polar surface area (TPSA) is 131 Å². The number of nitrogens with zero attached hydrogens (tertiary/aromatic N) is 2. The van der Waals surface area contributed by atoms with Crippen LogP contribution in [-0.4, -0.2) is 41.5 Å². The molecule has 0 aliphatic carbocycles. The number of nitrogens with one attached hydrogen (secondary N) is 3. The number of rotatable bonds is 12. The molecule has 0 saturated heterocycles. The zero-order chi connectivity index (χ0) is 27.5. The van der Waals surface area contributed by atoms with Gasteiger partial charge in [-0.05, 0) is 24.6 Å². The van der Waals surface area contributed by atoms with Crippen LogP contribution >= 0.6 is 0 Å². The zero-order valence-electron chi connectivity index (χ0n) is 20.1. The number of pyridine rings is 2. The van der Waals surface area contributed by atoms with Crippen LogP contribution in [0.3, 0.4) is 0 Å². The lowest BCUT2D eigenvalue weighted by molar-refractivity contribution is -0.137. The van der Waals surface area contributed by atoms with E-state index in [0.29, 0.717) is 30.8 Å². The first-order chi connectivity index (χ1) is 18.1. The highest BCUT2D eigenvalue weighted by molar-refractivity contribution is 5.94. The van der Waals surface area contributed by atoms with Crippen LogP contribution in [0.15, 0.2) is 55.0 Å². The number of carbonyl (C=O) groups excluding carboxylic acids is 2. The summed E-state index contributed by atoms with van der Waals surface area (Å²) >= 11 is 0. The van der Waals surface area contributed by atoms with Crippen molar-refractivity contribution in [3.05, 3.63) is 77.6 Å². The first-order valence-electron chi connectivity index (χ1n) is 11.5. The molecule has 13 heteroatoms. The molecule has 3 aromatic rings. The summed E-state index contributed by atoms with van der Waals surface area (Å²) in [7, 11) is 0. The Bertz CT molecular complexity index is 1260. The fraction of sp³-hybridized carbons (Fsp3) is 0.280. The predicted molar refractivity (Wildman–Crippen MR) is 132 cm³/mol. The first-order valence-corrected chi connectivity index (χ1v) is 11.5. The predicted octanol–water partition coefficient (Wildman–Crippen LogP) is 3.80. The number of nitrogen functional groups attached to an aromatic ring is 1. The largest absolute Gasteiger partial charge is 0.418 e. The monoisotopic (exact) mass is 534 g/mol. The van der Waals surface area contributed by atoms with E-state index in [1.165, 1.54) is 42.9 Å². The summed E-state index contributed by atoms with van der Waals surface area (Å²) in [6, 6.07) is 7.35. The molecule has 0 aliphatic heterocycles. The van der Waals surface area contributed by atoms with E-state index in [1.807, 2.05) is 0 Å². The maximum Gasteiger partial charge on any atom is 0.418 e. The number of hydrogen-bond donors (Lipinski definition) is 4. The van der Waals surface area contributed by atoms with Gasteiger partial charge < -0.3 is 26.4 Å². The van der Waals surface area contributed by atoms with E-state index < -0.39 is 23.5 Å². The molecule has 0 spiro atoms. The molecule has 0 atom stereocenters. The molecule has 0 bridgehead atoms. The Balaban J connectivity index is 1.34. The van der Waals surface area contributed by atoms with Gasteiger partial charge in [-0.3, -0.25) is 19.6 Å². The summed E-state index contributed by atoms with van der Waals surface area (Å²) in [4.78, 5) is 31.7. The van der Waals surface area contributed by atoms with Crippen molar-refractivity contribution in [3.63, 3.8) is 0 Å². The molecular formula is C25H26F4N6O3. The maximum atomic E-state index is 14.4. The van der Waals surface area contributed by atoms with Gasteiger partial charge in [-0.15, -0.1) is 0 Å². The lowest BCUT2D eigenvalue weighted by atomic mass is 10.1. The smallest absolute Gasteiger partial charge is 0.397 e. The molecule has 2 amide bonds. The van der Waals surface area contributed by atoms with Gasteiger partial charge in [0.2, 0.25) is 5.91 Å². The molecule has 0 unspecified atom stereocenters. The van der Waals surface area contributed by atoms with Crippen molar-refractivity contribution in [1.82, 2.24) is 20.6 Å². The number of nitrogens with two attached hydrogens (primary N) is 1. The number of ether oxygens (including phenoxy) is 1. The van der Waals surface area contributed by atoms with Crippen molar-refractivity contribution < 1.29 is 31.9 Å². The van der Waals surface area contributed by atoms with Crippen molar-refractivity contribution >= 4 is 28.9 Å². The summed E-state index contributed by atoms with van der Waals surface area (Å²) in [6.07, 6.45) is -0.00116. The standard InChI is InChI=1S/C25H26F4N6O3/c26-20-11-18(35-21-5-2-1-4-19(21)25(27,28)29)14-33-22(20)15-34-23(36)6-9-38-8-3-7-32-24(37)16-10-17(30)13-31-12-16/h1-2,4-5,10-14,35H,3,6-9,15,30H2,(H,32,37)(H,34,36). The third kappa shape index (κ3) is 8.69. The van der Waals surface area contributed by atoms with Gasteiger partial charge in [0.05, 0.1) is 53.2 Å². The summed E-state index contributed by atoms with van der Waals surface area (Å²) in [5.74, 6) is -1.48. The maximum absolute atomic E-state index is 14.4. The summed E-state index contributed by atoms with van der Waals surface area (Å²) in [6.45, 7) is 0.591. The second kappa shape index (κ2) is 13.3. The highest BCUT2D eigenvalue weighted by Gasteiger charge is 2.33. The molecule has 2 heterocycles. The fourth-order valence-corrected chi connectivity index (χ4v) is 3.26. The second-order valence-corrected chi connectivity index (χ2v) is 8.08. The number of hydrogen-bond acceptors (Lipinski definition) is 7. The Morgan fingerprint density at radius 1 is 1.03 bits per heavy atom. The quantitative estimate of drug-likeness (QED) is 0.205. The summed E-state index contributed by atoms with van der Waals surface area (Å²) in [5, 5.41) is 7.74. The Hall–Kier alpha value is -4.26. The van der Waals surface area contributed by atoms with Crippen molar-refractivity contribution in [2.45, 2.75) is 25.6 Å². The van der Waals surface area contributed by atoms with Gasteiger partial charge in [0.1, 0.15) is 5.82 Å². The molecule has 2 aromatic heterocycles. The summed E-state index contributed by atoms with van der Waals surface area (Å²) < 4.78 is 59.2. The van der Waals surface area contributed by atoms with Gasteiger partial charge in [0, 0.05) is 38.0 Å². The Labute approximate surface area is 215 Å². The molecule has 5 N–H and O–H groups in total. The van der Waals surface area contributed by atoms with Crippen LogP contribution < -0.4 is 21.7 Å². The van der Waals surface area contributed by atoms with Gasteiger partial charge >= 0.3 is 6.18 Å². The molecule has 0 aliphatic rings. The average molecular weight is 535 g/mol. The Morgan fingerprint density at radius 2 is 1.82 bits per heavy atom. The van der Waals surface area contributed by atoms with Crippen LogP contribution in [-0.2, 0) is 22.3 Å². The molecule has 3 rings (SSSR count). The molecule has 1 aromatic carbocycles. The first kappa shape index (κ1) is 28.3. The van der Waals surface area contributed by atoms with Crippen LogP contribution in [0, 0.1) is 5.82 Å². The Morgan fingerprint density at radius 3 is 2.55 bits per heavy atom. The number of alkyl halides is 3. The molecule has 0 fully saturated rings. The van der Waals surface area contributed by atoms with Crippen molar-refractivity contribution in [2.75, 3.05) is 30.8 Å². The van der Waals surface area contributed by atoms with Gasteiger partial charge in [0.25, 0.3) is 5.91 Å². The zero-order valence-corrected chi connectivity index (χ0v) is 20.1. The minimum absolute atomic E-state index is 0.0246. The van der Waals surface area contributed by atoms with Gasteiger partial charge in [-0.1, -0.05) is 12.1 Å². The van der Waals surface area contributed by atoms with E-state index in [0.717, 1.165) is 12.1 Å². The van der Waals surface area contributed by atoms with Gasteiger partial charge in [0.15, 0.2) is 0 Å². The lowest BCUT2D eigenvalue weighted by Crippen LogP contribution is -2.26. The molecule has 0 radical (unpaired) electrons. The number of amides is 2. The molecule has 9 nitrogen and oxygen atoms in total. The molecule has 38 heavy (non-hydrogen) atoms. The highest BCUT2D eigenvalue weighted by atomic mass is 19.4. The number of aromatic nitrogens is 2. The number of para-hydroxylation sites is 1. The van der Waals surface area contributed by atoms with Crippen molar-refractivity contribution in [1.29, 1.82) is 0 Å². The van der Waals surface area contributed by atoms with Gasteiger partial charge in [-0.2, -0.15) is 13.2 Å². The van der Waals surface area contributed by atoms with E-state index in [2.05, 4.69) is 25.9 Å².